The molecule has 2 heteroatoms. The summed E-state index contributed by atoms with van der Waals surface area (Å²) in [5.74, 6) is 0.607. The van der Waals surface area contributed by atoms with Crippen LogP contribution in [-0.2, 0) is 11.3 Å². The van der Waals surface area contributed by atoms with E-state index in [0.29, 0.717) is 12.0 Å². The fourth-order valence-corrected chi connectivity index (χ4v) is 1.59. The lowest BCUT2D eigenvalue weighted by molar-refractivity contribution is 0.00758. The molecule has 1 fully saturated rings. The van der Waals surface area contributed by atoms with E-state index in [9.17, 15) is 0 Å². The second kappa shape index (κ2) is 4.77. The molecule has 1 heterocycles. The summed E-state index contributed by atoms with van der Waals surface area (Å²) in [6.07, 6.45) is 0.426. The zero-order valence-electron chi connectivity index (χ0n) is 9.49. The second-order valence-electron chi connectivity index (χ2n) is 4.49. The molecule has 0 radical (unpaired) electrons. The van der Waals surface area contributed by atoms with Crippen LogP contribution in [0, 0.1) is 0 Å². The van der Waals surface area contributed by atoms with Crippen LogP contribution in [0.3, 0.4) is 0 Å². The minimum Gasteiger partial charge on any atom is -0.371 e. The molecule has 1 aromatic rings. The molecule has 0 amide bonds. The first kappa shape index (κ1) is 10.7. The van der Waals surface area contributed by atoms with Gasteiger partial charge in [-0.2, -0.15) is 0 Å². The quantitative estimate of drug-likeness (QED) is 0.814. The van der Waals surface area contributed by atoms with Crippen LogP contribution in [0.4, 0.5) is 0 Å². The van der Waals surface area contributed by atoms with E-state index >= 15 is 0 Å². The van der Waals surface area contributed by atoms with Crippen LogP contribution in [0.15, 0.2) is 24.3 Å². The highest BCUT2D eigenvalue weighted by Crippen LogP contribution is 2.15. The maximum absolute atomic E-state index is 5.70. The molecule has 82 valence electrons. The van der Waals surface area contributed by atoms with E-state index in [1.165, 1.54) is 11.1 Å². The minimum absolute atomic E-state index is 0.426. The fourth-order valence-electron chi connectivity index (χ4n) is 1.59. The summed E-state index contributed by atoms with van der Waals surface area (Å²) in [4.78, 5) is 0. The van der Waals surface area contributed by atoms with Gasteiger partial charge in [0.25, 0.3) is 0 Å². The molecule has 1 saturated heterocycles. The van der Waals surface area contributed by atoms with Crippen molar-refractivity contribution in [2.75, 3.05) is 13.1 Å². The van der Waals surface area contributed by atoms with Crippen molar-refractivity contribution in [1.82, 2.24) is 5.32 Å². The molecule has 1 aromatic carbocycles. The topological polar surface area (TPSA) is 21.3 Å². The smallest absolute Gasteiger partial charge is 0.0828 e. The standard InChI is InChI=1S/C13H19NO/c1-10(2)12-5-3-11(4-6-12)9-15-13-7-14-8-13/h3-6,10,13-14H,7-9H2,1-2H3. The third-order valence-electron chi connectivity index (χ3n) is 2.88. The average molecular weight is 205 g/mol. The van der Waals surface area contributed by atoms with Gasteiger partial charge in [0.05, 0.1) is 12.7 Å². The Morgan fingerprint density at radius 1 is 1.27 bits per heavy atom. The summed E-state index contributed by atoms with van der Waals surface area (Å²) >= 11 is 0. The zero-order valence-corrected chi connectivity index (χ0v) is 9.49. The monoisotopic (exact) mass is 205 g/mol. The van der Waals surface area contributed by atoms with E-state index in [0.717, 1.165) is 19.7 Å². The van der Waals surface area contributed by atoms with Gasteiger partial charge >= 0.3 is 0 Å². The lowest BCUT2D eigenvalue weighted by Crippen LogP contribution is -2.48. The van der Waals surface area contributed by atoms with Crippen LogP contribution in [0.5, 0.6) is 0 Å². The van der Waals surface area contributed by atoms with Gasteiger partial charge in [-0.25, -0.2) is 0 Å². The Morgan fingerprint density at radius 2 is 1.93 bits per heavy atom. The van der Waals surface area contributed by atoms with Crippen LogP contribution in [0.2, 0.25) is 0 Å². The number of benzene rings is 1. The summed E-state index contributed by atoms with van der Waals surface area (Å²) in [6, 6.07) is 8.73. The van der Waals surface area contributed by atoms with Gasteiger partial charge in [-0.05, 0) is 17.0 Å². The predicted molar refractivity (Wildman–Crippen MR) is 62.0 cm³/mol. The summed E-state index contributed by atoms with van der Waals surface area (Å²) in [5, 5.41) is 3.20. The molecule has 15 heavy (non-hydrogen) atoms. The molecule has 0 spiro atoms. The summed E-state index contributed by atoms with van der Waals surface area (Å²) in [7, 11) is 0. The van der Waals surface area contributed by atoms with Gasteiger partial charge in [-0.3, -0.25) is 0 Å². The van der Waals surface area contributed by atoms with Crippen LogP contribution >= 0.6 is 0 Å². The lowest BCUT2D eigenvalue weighted by atomic mass is 10.0. The Kier molecular flexibility index (Phi) is 3.39. The van der Waals surface area contributed by atoms with Gasteiger partial charge in [0, 0.05) is 13.1 Å². The summed E-state index contributed by atoms with van der Waals surface area (Å²) in [5.41, 5.74) is 2.66. The summed E-state index contributed by atoms with van der Waals surface area (Å²) < 4.78 is 5.70. The van der Waals surface area contributed by atoms with E-state index in [2.05, 4.69) is 43.4 Å². The number of hydrogen-bond acceptors (Lipinski definition) is 2. The second-order valence-corrected chi connectivity index (χ2v) is 4.49. The molecular formula is C13H19NO. The van der Waals surface area contributed by atoms with Crippen molar-refractivity contribution >= 4 is 0 Å². The predicted octanol–water partition coefficient (Wildman–Crippen LogP) is 2.30. The van der Waals surface area contributed by atoms with Crippen molar-refractivity contribution in [3.63, 3.8) is 0 Å². The Balaban J connectivity index is 1.86. The first-order chi connectivity index (χ1) is 7.25. The molecule has 2 rings (SSSR count). The normalized spacial score (nSPS) is 16.7. The molecule has 2 nitrogen and oxygen atoms in total. The Labute approximate surface area is 91.6 Å². The van der Waals surface area contributed by atoms with Crippen LogP contribution in [0.25, 0.3) is 0 Å². The first-order valence-electron chi connectivity index (χ1n) is 5.67. The average Bonchev–Trinajstić information content (AvgIpc) is 2.16. The third-order valence-corrected chi connectivity index (χ3v) is 2.88. The van der Waals surface area contributed by atoms with Gasteiger partial charge in [0.15, 0.2) is 0 Å². The highest BCUT2D eigenvalue weighted by molar-refractivity contribution is 5.24. The van der Waals surface area contributed by atoms with Crippen LogP contribution in [-0.4, -0.2) is 19.2 Å². The number of rotatable bonds is 4. The Morgan fingerprint density at radius 3 is 2.40 bits per heavy atom. The van der Waals surface area contributed by atoms with Crippen molar-refractivity contribution in [2.45, 2.75) is 32.5 Å². The highest BCUT2D eigenvalue weighted by Gasteiger charge is 2.16. The van der Waals surface area contributed by atoms with Crippen molar-refractivity contribution in [2.24, 2.45) is 0 Å². The molecule has 0 bridgehead atoms. The van der Waals surface area contributed by atoms with E-state index in [1.807, 2.05) is 0 Å². The van der Waals surface area contributed by atoms with Crippen LogP contribution in [0.1, 0.15) is 30.9 Å². The van der Waals surface area contributed by atoms with E-state index in [-0.39, 0.29) is 0 Å². The van der Waals surface area contributed by atoms with Crippen molar-refractivity contribution < 1.29 is 4.74 Å². The highest BCUT2D eigenvalue weighted by atomic mass is 16.5. The third kappa shape index (κ3) is 2.80. The van der Waals surface area contributed by atoms with Gasteiger partial charge in [0.2, 0.25) is 0 Å². The summed E-state index contributed by atoms with van der Waals surface area (Å²) in [6.45, 7) is 7.18. The largest absolute Gasteiger partial charge is 0.371 e. The molecule has 0 aromatic heterocycles. The Bertz CT molecular complexity index is 301. The first-order valence-corrected chi connectivity index (χ1v) is 5.67. The van der Waals surface area contributed by atoms with E-state index in [4.69, 9.17) is 4.74 Å². The number of nitrogens with one attached hydrogen (secondary N) is 1. The van der Waals surface area contributed by atoms with Crippen LogP contribution < -0.4 is 5.32 Å². The lowest BCUT2D eigenvalue weighted by Gasteiger charge is -2.27. The van der Waals surface area contributed by atoms with E-state index in [1.54, 1.807) is 0 Å². The van der Waals surface area contributed by atoms with Gasteiger partial charge in [-0.1, -0.05) is 38.1 Å². The number of ether oxygens (including phenoxy) is 1. The molecule has 1 aliphatic rings. The molecule has 0 saturated carbocycles. The zero-order chi connectivity index (χ0) is 10.7. The maximum atomic E-state index is 5.70. The molecule has 1 aliphatic heterocycles. The Hall–Kier alpha value is -0.860. The minimum atomic E-state index is 0.426. The maximum Gasteiger partial charge on any atom is 0.0828 e. The van der Waals surface area contributed by atoms with Gasteiger partial charge < -0.3 is 10.1 Å². The van der Waals surface area contributed by atoms with Gasteiger partial charge in [0.1, 0.15) is 0 Å². The van der Waals surface area contributed by atoms with Crippen molar-refractivity contribution in [3.05, 3.63) is 35.4 Å². The molecule has 0 atom stereocenters. The molecular weight excluding hydrogens is 186 g/mol. The van der Waals surface area contributed by atoms with Gasteiger partial charge in [-0.15, -0.1) is 0 Å². The van der Waals surface area contributed by atoms with E-state index < -0.39 is 0 Å². The van der Waals surface area contributed by atoms with Crippen molar-refractivity contribution in [3.8, 4) is 0 Å². The fraction of sp³-hybridized carbons (Fsp3) is 0.538. The number of hydrogen-bond donors (Lipinski definition) is 1. The SMILES string of the molecule is CC(C)c1ccc(COC2CNC2)cc1. The molecule has 0 unspecified atom stereocenters. The molecule has 1 N–H and O–H groups in total. The van der Waals surface area contributed by atoms with Crippen molar-refractivity contribution in [1.29, 1.82) is 0 Å². The molecule has 0 aliphatic carbocycles.